The predicted octanol–water partition coefficient (Wildman–Crippen LogP) is 9.07. The molecule has 0 heterocycles. The fourth-order valence-corrected chi connectivity index (χ4v) is 5.51. The zero-order valence-electron chi connectivity index (χ0n) is 26.1. The molecule has 0 fully saturated rings. The van der Waals surface area contributed by atoms with Crippen LogP contribution in [-0.4, -0.2) is 11.1 Å². The van der Waals surface area contributed by atoms with Crippen LogP contribution in [0.5, 0.6) is 0 Å². The maximum Gasteiger partial charge on any atom is 0.336 e. The maximum absolute atomic E-state index is 11.7. The van der Waals surface area contributed by atoms with Crippen LogP contribution in [0.2, 0.25) is 0 Å². The third-order valence-corrected chi connectivity index (χ3v) is 8.61. The van der Waals surface area contributed by atoms with Crippen LogP contribution in [0.4, 0.5) is 0 Å². The topological polar surface area (TPSA) is 75.3 Å². The van der Waals surface area contributed by atoms with Gasteiger partial charge in [0.25, 0.3) is 0 Å². The summed E-state index contributed by atoms with van der Waals surface area (Å²) < 4.78 is 0. The Morgan fingerprint density at radius 2 is 1.53 bits per heavy atom. The van der Waals surface area contributed by atoms with E-state index in [1.165, 1.54) is 33.4 Å². The maximum atomic E-state index is 11.7. The van der Waals surface area contributed by atoms with E-state index >= 15 is 0 Å². The molecule has 4 N–H and O–H groups in total. The van der Waals surface area contributed by atoms with E-state index in [9.17, 15) is 9.90 Å². The van der Waals surface area contributed by atoms with E-state index in [2.05, 4.69) is 89.0 Å². The number of hydrogen-bond donors (Lipinski definition) is 3. The molecule has 4 aromatic rings. The third kappa shape index (κ3) is 7.71. The molecule has 4 heteroatoms. The van der Waals surface area contributed by atoms with Gasteiger partial charge < -0.3 is 16.2 Å². The minimum Gasteiger partial charge on any atom is -0.478 e. The lowest BCUT2D eigenvalue weighted by molar-refractivity contribution is 0.0697. The molecule has 0 radical (unpaired) electrons. The molecule has 2 atom stereocenters. The number of allylic oxidation sites excluding steroid dienone is 2. The van der Waals surface area contributed by atoms with Gasteiger partial charge in [0, 0.05) is 18.8 Å². The highest BCUT2D eigenvalue weighted by atomic mass is 16.4. The normalized spacial score (nSPS) is 12.3. The van der Waals surface area contributed by atoms with Crippen molar-refractivity contribution in [1.82, 2.24) is 5.32 Å². The van der Waals surface area contributed by atoms with Crippen molar-refractivity contribution in [3.8, 4) is 11.1 Å². The Kier molecular flexibility index (Phi) is 10.4. The van der Waals surface area contributed by atoms with Gasteiger partial charge in [0.05, 0.1) is 5.56 Å². The first-order valence-corrected chi connectivity index (χ1v) is 15.0. The molecule has 4 rings (SSSR count). The molecular weight excluding hydrogens is 528 g/mol. The molecule has 0 saturated carbocycles. The van der Waals surface area contributed by atoms with Crippen molar-refractivity contribution in [2.75, 3.05) is 0 Å². The van der Waals surface area contributed by atoms with Crippen molar-refractivity contribution in [2.45, 2.75) is 60.0 Å². The SMILES string of the molecule is C=C(NCc1cccc(CN)c1)c1ccc(C(C)C(C)Cc2ccc(-c3ccccc3C(=O)O)cc2)c(C(C)=C(C)C)c1. The van der Waals surface area contributed by atoms with Crippen LogP contribution < -0.4 is 11.1 Å². The molecule has 222 valence electrons. The van der Waals surface area contributed by atoms with Gasteiger partial charge in [-0.1, -0.05) is 105 Å². The molecule has 0 bridgehead atoms. The van der Waals surface area contributed by atoms with Crippen LogP contribution in [0.1, 0.15) is 84.3 Å². The molecule has 0 aliphatic rings. The Labute approximate surface area is 257 Å². The van der Waals surface area contributed by atoms with E-state index in [-0.39, 0.29) is 0 Å². The molecule has 0 saturated heterocycles. The summed E-state index contributed by atoms with van der Waals surface area (Å²) in [6.07, 6.45) is 0.924. The summed E-state index contributed by atoms with van der Waals surface area (Å²) in [6.45, 7) is 16.7. The Balaban J connectivity index is 1.52. The number of hydrogen-bond acceptors (Lipinski definition) is 3. The molecule has 0 spiro atoms. The number of aromatic carboxylic acids is 1. The number of carboxylic acids is 1. The third-order valence-electron chi connectivity index (χ3n) is 8.61. The van der Waals surface area contributed by atoms with Crippen LogP contribution in [0.3, 0.4) is 0 Å². The lowest BCUT2D eigenvalue weighted by Crippen LogP contribution is -2.14. The van der Waals surface area contributed by atoms with Gasteiger partial charge in [0.15, 0.2) is 0 Å². The fraction of sp³-hybridized carbons (Fsp3) is 0.256. The molecule has 4 aromatic carbocycles. The van der Waals surface area contributed by atoms with E-state index in [4.69, 9.17) is 5.73 Å². The molecule has 43 heavy (non-hydrogen) atoms. The second-order valence-electron chi connectivity index (χ2n) is 11.8. The Bertz CT molecular complexity index is 1630. The smallest absolute Gasteiger partial charge is 0.336 e. The number of nitrogens with two attached hydrogens (primary N) is 1. The van der Waals surface area contributed by atoms with Gasteiger partial charge in [-0.15, -0.1) is 0 Å². The minimum atomic E-state index is -0.910. The van der Waals surface area contributed by atoms with Crippen LogP contribution >= 0.6 is 0 Å². The molecular formula is C39H44N2O2. The van der Waals surface area contributed by atoms with E-state index in [0.29, 0.717) is 30.5 Å². The monoisotopic (exact) mass is 572 g/mol. The van der Waals surface area contributed by atoms with Gasteiger partial charge in [-0.3, -0.25) is 0 Å². The van der Waals surface area contributed by atoms with Crippen molar-refractivity contribution in [2.24, 2.45) is 11.7 Å². The molecule has 4 nitrogen and oxygen atoms in total. The van der Waals surface area contributed by atoms with Crippen molar-refractivity contribution in [3.63, 3.8) is 0 Å². The second kappa shape index (κ2) is 14.2. The van der Waals surface area contributed by atoms with Crippen LogP contribution in [0.25, 0.3) is 22.4 Å². The van der Waals surface area contributed by atoms with Gasteiger partial charge in [-0.25, -0.2) is 4.79 Å². The average Bonchev–Trinajstić information content (AvgIpc) is 3.02. The number of carbonyl (C=O) groups is 1. The van der Waals surface area contributed by atoms with Gasteiger partial charge in [0.1, 0.15) is 0 Å². The summed E-state index contributed by atoms with van der Waals surface area (Å²) in [4.78, 5) is 11.7. The summed E-state index contributed by atoms with van der Waals surface area (Å²) in [5.41, 5.74) is 18.5. The summed E-state index contributed by atoms with van der Waals surface area (Å²) in [5, 5.41) is 13.1. The summed E-state index contributed by atoms with van der Waals surface area (Å²) in [6, 6.07) is 30.5. The summed E-state index contributed by atoms with van der Waals surface area (Å²) in [7, 11) is 0. The fourth-order valence-electron chi connectivity index (χ4n) is 5.51. The number of carboxylic acid groups (broad SMARTS) is 1. The first kappa shape index (κ1) is 31.5. The highest BCUT2D eigenvalue weighted by Crippen LogP contribution is 2.35. The second-order valence-corrected chi connectivity index (χ2v) is 11.8. The first-order chi connectivity index (χ1) is 20.6. The first-order valence-electron chi connectivity index (χ1n) is 15.0. The zero-order chi connectivity index (χ0) is 31.1. The standard InChI is InChI=1S/C39H44N2O2/c1-25(2)27(4)38-22-34(29(6)41-24-32-11-9-10-31(21-32)23-40)18-19-35(38)28(5)26(3)20-30-14-16-33(17-15-30)36-12-7-8-13-37(36)39(42)43/h7-19,21-22,26,28,41H,6,20,23-24,40H2,1-5H3,(H,42,43). The molecule has 0 aliphatic heterocycles. The van der Waals surface area contributed by atoms with E-state index in [1.54, 1.807) is 12.1 Å². The van der Waals surface area contributed by atoms with Crippen LogP contribution in [0, 0.1) is 5.92 Å². The number of benzene rings is 4. The number of nitrogens with one attached hydrogen (secondary N) is 1. The van der Waals surface area contributed by atoms with Gasteiger partial charge in [0.2, 0.25) is 0 Å². The highest BCUT2D eigenvalue weighted by Gasteiger charge is 2.20. The quantitative estimate of drug-likeness (QED) is 0.158. The van der Waals surface area contributed by atoms with Crippen molar-refractivity contribution in [3.05, 3.63) is 142 Å². The molecule has 0 amide bonds. The van der Waals surface area contributed by atoms with Crippen LogP contribution in [0.15, 0.2) is 103 Å². The molecule has 2 unspecified atom stereocenters. The lowest BCUT2D eigenvalue weighted by atomic mass is 9.80. The van der Waals surface area contributed by atoms with E-state index < -0.39 is 5.97 Å². The Morgan fingerprint density at radius 1 is 0.837 bits per heavy atom. The average molecular weight is 573 g/mol. The largest absolute Gasteiger partial charge is 0.478 e. The van der Waals surface area contributed by atoms with Crippen molar-refractivity contribution < 1.29 is 9.90 Å². The highest BCUT2D eigenvalue weighted by molar-refractivity contribution is 5.96. The minimum absolute atomic E-state index is 0.321. The van der Waals surface area contributed by atoms with Gasteiger partial charge in [-0.05, 0) is 101 Å². The number of rotatable bonds is 12. The van der Waals surface area contributed by atoms with Gasteiger partial charge in [-0.2, -0.15) is 0 Å². The van der Waals surface area contributed by atoms with Gasteiger partial charge >= 0.3 is 5.97 Å². The Morgan fingerprint density at radius 3 is 2.21 bits per heavy atom. The zero-order valence-corrected chi connectivity index (χ0v) is 26.1. The van der Waals surface area contributed by atoms with Crippen LogP contribution in [-0.2, 0) is 19.5 Å². The van der Waals surface area contributed by atoms with Crippen molar-refractivity contribution in [1.29, 1.82) is 0 Å². The molecule has 0 aromatic heterocycles. The van der Waals surface area contributed by atoms with E-state index in [1.807, 2.05) is 36.4 Å². The lowest BCUT2D eigenvalue weighted by Gasteiger charge is -2.25. The van der Waals surface area contributed by atoms with Crippen molar-refractivity contribution >= 4 is 17.2 Å². The van der Waals surface area contributed by atoms with E-state index in [0.717, 1.165) is 34.4 Å². The summed E-state index contributed by atoms with van der Waals surface area (Å²) in [5.74, 6) is -0.193. The predicted molar refractivity (Wildman–Crippen MR) is 181 cm³/mol. The Hall–Kier alpha value is -4.41. The molecule has 0 aliphatic carbocycles. The summed E-state index contributed by atoms with van der Waals surface area (Å²) >= 11 is 0.